The van der Waals surface area contributed by atoms with Gasteiger partial charge in [-0.15, -0.1) is 11.3 Å². The molecule has 0 spiro atoms. The van der Waals surface area contributed by atoms with Gasteiger partial charge in [0.15, 0.2) is 0 Å². The third kappa shape index (κ3) is 1.94. The van der Waals surface area contributed by atoms with E-state index in [2.05, 4.69) is 0 Å². The van der Waals surface area contributed by atoms with Crippen LogP contribution in [-0.4, -0.2) is 15.6 Å². The first kappa shape index (κ1) is 11.1. The van der Waals surface area contributed by atoms with Crippen LogP contribution in [0.25, 0.3) is 10.6 Å². The Hall–Kier alpha value is -1.40. The van der Waals surface area contributed by atoms with E-state index in [1.54, 1.807) is 0 Å². The van der Waals surface area contributed by atoms with Gasteiger partial charge < -0.3 is 5.11 Å². The van der Waals surface area contributed by atoms with E-state index in [1.807, 2.05) is 24.4 Å². The van der Waals surface area contributed by atoms with Crippen LogP contribution in [0.3, 0.4) is 0 Å². The van der Waals surface area contributed by atoms with Crippen molar-refractivity contribution in [1.82, 2.24) is 4.57 Å². The molecule has 0 aliphatic carbocycles. The molecule has 2 heterocycles. The minimum absolute atomic E-state index is 0.219. The van der Waals surface area contributed by atoms with E-state index in [0.29, 0.717) is 0 Å². The molecule has 0 aliphatic heterocycles. The molecule has 0 saturated carbocycles. The first-order valence-electron chi connectivity index (χ1n) is 4.55. The predicted octanol–water partition coefficient (Wildman–Crippen LogP) is 2.03. The van der Waals surface area contributed by atoms with Gasteiger partial charge >= 0.3 is 10.8 Å². The topological polar surface area (TPSA) is 59.3 Å². The summed E-state index contributed by atoms with van der Waals surface area (Å²) >= 11 is 2.59. The lowest BCUT2D eigenvalue weighted by Gasteiger charge is -2.03. The number of aliphatic carboxylic acids is 1. The summed E-state index contributed by atoms with van der Waals surface area (Å²) in [5.74, 6) is -1.00. The summed E-state index contributed by atoms with van der Waals surface area (Å²) in [7, 11) is 0. The molecule has 0 bridgehead atoms. The Balaban J connectivity index is 2.59. The number of thiazole rings is 1. The Morgan fingerprint density at radius 3 is 2.88 bits per heavy atom. The molecule has 84 valence electrons. The monoisotopic (exact) mass is 255 g/mol. The molecular weight excluding hydrogens is 246 g/mol. The molecule has 1 N–H and O–H groups in total. The summed E-state index contributed by atoms with van der Waals surface area (Å²) in [6, 6.07) is 3.77. The minimum atomic E-state index is -1.00. The highest BCUT2D eigenvalue weighted by molar-refractivity contribution is 7.14. The third-order valence-corrected chi connectivity index (χ3v) is 3.88. The SMILES string of the molecule is Cc1sc(=O)n(CC(=O)O)c1-c1cccs1. The molecule has 0 unspecified atom stereocenters. The molecule has 0 amide bonds. The Morgan fingerprint density at radius 1 is 1.56 bits per heavy atom. The molecule has 2 aromatic rings. The molecule has 2 rings (SSSR count). The van der Waals surface area contributed by atoms with Crippen LogP contribution in [0.15, 0.2) is 22.3 Å². The second kappa shape index (κ2) is 4.23. The highest BCUT2D eigenvalue weighted by atomic mass is 32.1. The van der Waals surface area contributed by atoms with Crippen molar-refractivity contribution in [3.05, 3.63) is 32.1 Å². The number of hydrogen-bond acceptors (Lipinski definition) is 4. The van der Waals surface area contributed by atoms with Crippen molar-refractivity contribution in [2.45, 2.75) is 13.5 Å². The first-order chi connectivity index (χ1) is 7.59. The highest BCUT2D eigenvalue weighted by Gasteiger charge is 2.16. The van der Waals surface area contributed by atoms with Gasteiger partial charge in [0.2, 0.25) is 0 Å². The summed E-state index contributed by atoms with van der Waals surface area (Å²) < 4.78 is 1.31. The molecule has 6 heteroatoms. The number of hydrogen-bond donors (Lipinski definition) is 1. The molecule has 0 saturated heterocycles. The third-order valence-electron chi connectivity index (χ3n) is 2.11. The average Bonchev–Trinajstić information content (AvgIpc) is 2.75. The van der Waals surface area contributed by atoms with E-state index in [-0.39, 0.29) is 11.4 Å². The van der Waals surface area contributed by atoms with Crippen LogP contribution < -0.4 is 4.87 Å². The number of aromatic nitrogens is 1. The fourth-order valence-electron chi connectivity index (χ4n) is 1.51. The molecule has 0 fully saturated rings. The summed E-state index contributed by atoms with van der Waals surface area (Å²) in [6.45, 7) is 1.55. The number of carboxylic acids is 1. The maximum atomic E-state index is 11.6. The molecule has 0 atom stereocenters. The van der Waals surface area contributed by atoms with Crippen molar-refractivity contribution < 1.29 is 9.90 Å². The fraction of sp³-hybridized carbons (Fsp3) is 0.200. The van der Waals surface area contributed by atoms with Gasteiger partial charge in [0.1, 0.15) is 6.54 Å². The number of aryl methyl sites for hydroxylation is 1. The van der Waals surface area contributed by atoms with Crippen LogP contribution in [0, 0.1) is 6.92 Å². The zero-order valence-corrected chi connectivity index (χ0v) is 10.1. The number of carbonyl (C=O) groups is 1. The fourth-order valence-corrected chi connectivity index (χ4v) is 3.26. The van der Waals surface area contributed by atoms with Crippen LogP contribution in [-0.2, 0) is 11.3 Å². The largest absolute Gasteiger partial charge is 0.480 e. The van der Waals surface area contributed by atoms with Crippen LogP contribution in [0.5, 0.6) is 0 Å². The normalized spacial score (nSPS) is 10.6. The first-order valence-corrected chi connectivity index (χ1v) is 6.25. The summed E-state index contributed by atoms with van der Waals surface area (Å²) in [5, 5.41) is 10.7. The molecule has 0 aliphatic rings. The van der Waals surface area contributed by atoms with Gasteiger partial charge in [0.05, 0.1) is 10.6 Å². The van der Waals surface area contributed by atoms with Gasteiger partial charge in [0.25, 0.3) is 0 Å². The van der Waals surface area contributed by atoms with Crippen LogP contribution in [0.2, 0.25) is 0 Å². The minimum Gasteiger partial charge on any atom is -0.480 e. The van der Waals surface area contributed by atoms with Gasteiger partial charge in [-0.1, -0.05) is 17.4 Å². The molecule has 16 heavy (non-hydrogen) atoms. The van der Waals surface area contributed by atoms with E-state index >= 15 is 0 Å². The summed E-state index contributed by atoms with van der Waals surface area (Å²) in [4.78, 5) is 23.9. The smallest absolute Gasteiger partial charge is 0.323 e. The van der Waals surface area contributed by atoms with Gasteiger partial charge in [0, 0.05) is 4.88 Å². The van der Waals surface area contributed by atoms with Gasteiger partial charge in [-0.25, -0.2) is 0 Å². The van der Waals surface area contributed by atoms with E-state index in [0.717, 1.165) is 26.8 Å². The number of rotatable bonds is 3. The highest BCUT2D eigenvalue weighted by Crippen LogP contribution is 2.28. The van der Waals surface area contributed by atoms with Crippen molar-refractivity contribution >= 4 is 28.6 Å². The Bertz CT molecular complexity index is 565. The van der Waals surface area contributed by atoms with E-state index in [4.69, 9.17) is 5.11 Å². The van der Waals surface area contributed by atoms with E-state index in [9.17, 15) is 9.59 Å². The number of nitrogens with zero attached hydrogens (tertiary/aromatic N) is 1. The summed E-state index contributed by atoms with van der Waals surface area (Å²) in [5.41, 5.74) is 0.729. The van der Waals surface area contributed by atoms with Crippen molar-refractivity contribution in [2.75, 3.05) is 0 Å². The van der Waals surface area contributed by atoms with Gasteiger partial charge in [-0.05, 0) is 18.4 Å². The Morgan fingerprint density at radius 2 is 2.31 bits per heavy atom. The lowest BCUT2D eigenvalue weighted by Crippen LogP contribution is -2.19. The summed E-state index contributed by atoms with van der Waals surface area (Å²) in [6.07, 6.45) is 0. The quantitative estimate of drug-likeness (QED) is 0.913. The maximum absolute atomic E-state index is 11.6. The van der Waals surface area contributed by atoms with Crippen LogP contribution in [0.1, 0.15) is 4.88 Å². The van der Waals surface area contributed by atoms with Crippen molar-refractivity contribution in [2.24, 2.45) is 0 Å². The zero-order valence-electron chi connectivity index (χ0n) is 8.47. The lowest BCUT2D eigenvalue weighted by atomic mass is 10.3. The van der Waals surface area contributed by atoms with Crippen LogP contribution >= 0.6 is 22.7 Å². The average molecular weight is 255 g/mol. The predicted molar refractivity (Wildman–Crippen MR) is 64.3 cm³/mol. The second-order valence-corrected chi connectivity index (χ2v) is 5.34. The van der Waals surface area contributed by atoms with Crippen molar-refractivity contribution in [1.29, 1.82) is 0 Å². The van der Waals surface area contributed by atoms with E-state index < -0.39 is 5.97 Å². The molecule has 0 radical (unpaired) electrons. The maximum Gasteiger partial charge on any atom is 0.323 e. The molecule has 0 aromatic carbocycles. The molecule has 4 nitrogen and oxygen atoms in total. The van der Waals surface area contributed by atoms with Gasteiger partial charge in [-0.2, -0.15) is 0 Å². The van der Waals surface area contributed by atoms with Crippen molar-refractivity contribution in [3.63, 3.8) is 0 Å². The number of carboxylic acid groups (broad SMARTS) is 1. The standard InChI is InChI=1S/C10H9NO3S2/c1-6-9(7-3-2-4-15-7)11(5-8(12)13)10(14)16-6/h2-4H,5H2,1H3,(H,12,13). The Kier molecular flexibility index (Phi) is 2.93. The van der Waals surface area contributed by atoms with Crippen molar-refractivity contribution in [3.8, 4) is 10.6 Å². The Labute approximate surface area is 99.4 Å². The zero-order chi connectivity index (χ0) is 11.7. The van der Waals surface area contributed by atoms with Gasteiger partial charge in [-0.3, -0.25) is 14.2 Å². The van der Waals surface area contributed by atoms with Crippen LogP contribution in [0.4, 0.5) is 0 Å². The molecule has 2 aromatic heterocycles. The number of thiophene rings is 1. The van der Waals surface area contributed by atoms with E-state index in [1.165, 1.54) is 15.9 Å². The molecular formula is C10H9NO3S2. The second-order valence-electron chi connectivity index (χ2n) is 3.23. The lowest BCUT2D eigenvalue weighted by molar-refractivity contribution is -0.137.